The van der Waals surface area contributed by atoms with E-state index in [2.05, 4.69) is 5.32 Å². The third kappa shape index (κ3) is 6.37. The Morgan fingerprint density at radius 3 is 2.46 bits per heavy atom. The van der Waals surface area contributed by atoms with E-state index in [9.17, 15) is 9.59 Å². The van der Waals surface area contributed by atoms with Gasteiger partial charge in [-0.3, -0.25) is 9.59 Å². The van der Waals surface area contributed by atoms with Crippen molar-refractivity contribution in [3.8, 4) is 17.9 Å². The zero-order valence-electron chi connectivity index (χ0n) is 13.6. The van der Waals surface area contributed by atoms with E-state index >= 15 is 0 Å². The van der Waals surface area contributed by atoms with Crippen molar-refractivity contribution in [3.63, 3.8) is 0 Å². The number of methoxy groups -OCH3 is 1. The first kappa shape index (κ1) is 19.0. The quantitative estimate of drug-likeness (QED) is 0.739. The maximum atomic E-state index is 12.1. The van der Waals surface area contributed by atoms with Crippen LogP contribution in [0, 0.1) is 22.7 Å². The summed E-state index contributed by atoms with van der Waals surface area (Å²) in [6.45, 7) is 0.770. The minimum Gasteiger partial charge on any atom is -0.497 e. The van der Waals surface area contributed by atoms with Crippen LogP contribution in [0.4, 0.5) is 0 Å². The van der Waals surface area contributed by atoms with Gasteiger partial charge >= 0.3 is 0 Å². The highest BCUT2D eigenvalue weighted by molar-refractivity contribution is 5.94. The Balaban J connectivity index is 2.48. The first-order valence-corrected chi connectivity index (χ1v) is 7.56. The van der Waals surface area contributed by atoms with Gasteiger partial charge in [-0.25, -0.2) is 0 Å². The van der Waals surface area contributed by atoms with Gasteiger partial charge in [0.1, 0.15) is 5.75 Å². The van der Waals surface area contributed by atoms with Crippen LogP contribution in [0.1, 0.15) is 29.6 Å². The number of hydrogen-bond donors (Lipinski definition) is 1. The molecule has 7 nitrogen and oxygen atoms in total. The normalized spacial score (nSPS) is 9.46. The van der Waals surface area contributed by atoms with Gasteiger partial charge in [0.05, 0.1) is 32.1 Å². The molecule has 24 heavy (non-hydrogen) atoms. The molecule has 2 amide bonds. The molecule has 0 atom stereocenters. The Hall–Kier alpha value is -3.06. The molecule has 0 saturated heterocycles. The van der Waals surface area contributed by atoms with Crippen LogP contribution >= 0.6 is 0 Å². The van der Waals surface area contributed by atoms with Crippen molar-refractivity contribution in [2.45, 2.75) is 19.3 Å². The van der Waals surface area contributed by atoms with Crippen LogP contribution < -0.4 is 10.1 Å². The summed E-state index contributed by atoms with van der Waals surface area (Å²) in [7, 11) is 1.52. The lowest BCUT2D eigenvalue weighted by molar-refractivity contribution is -0.130. The number of rotatable bonds is 9. The molecule has 1 aromatic rings. The highest BCUT2D eigenvalue weighted by Gasteiger charge is 2.13. The molecule has 7 heteroatoms. The smallest absolute Gasteiger partial charge is 0.251 e. The molecule has 0 radical (unpaired) electrons. The summed E-state index contributed by atoms with van der Waals surface area (Å²) in [4.78, 5) is 25.6. The van der Waals surface area contributed by atoms with Gasteiger partial charge in [0.2, 0.25) is 5.91 Å². The van der Waals surface area contributed by atoms with Crippen molar-refractivity contribution in [2.75, 3.05) is 26.7 Å². The maximum absolute atomic E-state index is 12.1. The van der Waals surface area contributed by atoms with E-state index in [4.69, 9.17) is 15.3 Å². The Morgan fingerprint density at radius 1 is 1.21 bits per heavy atom. The van der Waals surface area contributed by atoms with Crippen molar-refractivity contribution in [1.82, 2.24) is 10.2 Å². The molecule has 0 aliphatic carbocycles. The second-order valence-electron chi connectivity index (χ2n) is 4.93. The molecule has 0 fully saturated rings. The molecular formula is C17H20N4O3. The molecule has 0 aromatic heterocycles. The lowest BCUT2D eigenvalue weighted by atomic mass is 10.2. The van der Waals surface area contributed by atoms with Gasteiger partial charge in [0.15, 0.2) is 0 Å². The van der Waals surface area contributed by atoms with Gasteiger partial charge in [-0.1, -0.05) is 6.07 Å². The zero-order valence-corrected chi connectivity index (χ0v) is 13.6. The Bertz CT molecular complexity index is 628. The van der Waals surface area contributed by atoms with E-state index in [1.54, 1.807) is 24.3 Å². The third-order valence-electron chi connectivity index (χ3n) is 3.30. The summed E-state index contributed by atoms with van der Waals surface area (Å²) in [6.07, 6.45) is 0.549. The number of hydrogen-bond acceptors (Lipinski definition) is 5. The summed E-state index contributed by atoms with van der Waals surface area (Å²) in [5.41, 5.74) is 0.451. The number of ether oxygens (including phenoxy) is 1. The van der Waals surface area contributed by atoms with Crippen LogP contribution in [0.25, 0.3) is 0 Å². The summed E-state index contributed by atoms with van der Waals surface area (Å²) in [6, 6.07) is 10.7. The monoisotopic (exact) mass is 328 g/mol. The number of nitrogens with zero attached hydrogens (tertiary/aromatic N) is 3. The van der Waals surface area contributed by atoms with Crippen LogP contribution in [0.15, 0.2) is 24.3 Å². The largest absolute Gasteiger partial charge is 0.497 e. The first-order valence-electron chi connectivity index (χ1n) is 7.56. The van der Waals surface area contributed by atoms with Gasteiger partial charge in [-0.15, -0.1) is 0 Å². The average molecular weight is 328 g/mol. The predicted octanol–water partition coefficient (Wildman–Crippen LogP) is 1.47. The summed E-state index contributed by atoms with van der Waals surface area (Å²) in [5, 5.41) is 19.9. The fourth-order valence-corrected chi connectivity index (χ4v) is 2.04. The minimum atomic E-state index is -0.290. The molecule has 1 aromatic carbocycles. The summed E-state index contributed by atoms with van der Waals surface area (Å²) < 4.78 is 5.06. The van der Waals surface area contributed by atoms with Crippen molar-refractivity contribution in [3.05, 3.63) is 29.8 Å². The van der Waals surface area contributed by atoms with Crippen molar-refractivity contribution < 1.29 is 14.3 Å². The van der Waals surface area contributed by atoms with Gasteiger partial charge in [0.25, 0.3) is 5.91 Å². The molecule has 0 bridgehead atoms. The topological polar surface area (TPSA) is 106 Å². The molecule has 0 heterocycles. The van der Waals surface area contributed by atoms with Crippen molar-refractivity contribution in [2.24, 2.45) is 0 Å². The molecule has 0 aliphatic rings. The lowest BCUT2D eigenvalue weighted by Crippen LogP contribution is -2.35. The molecule has 0 unspecified atom stereocenters. The van der Waals surface area contributed by atoms with Gasteiger partial charge < -0.3 is 15.0 Å². The lowest BCUT2D eigenvalue weighted by Gasteiger charge is -2.20. The van der Waals surface area contributed by atoms with E-state index in [-0.39, 0.29) is 37.6 Å². The molecule has 0 spiro atoms. The van der Waals surface area contributed by atoms with Crippen LogP contribution in [0.2, 0.25) is 0 Å². The minimum absolute atomic E-state index is 0.118. The Morgan fingerprint density at radius 2 is 1.88 bits per heavy atom. The number of carbonyl (C=O) groups excluding carboxylic acids is 2. The number of benzene rings is 1. The first-order chi connectivity index (χ1) is 11.6. The average Bonchev–Trinajstić information content (AvgIpc) is 2.61. The SMILES string of the molecule is COc1cccc(C(=O)NCCC(=O)N(CCC#N)CCC#N)c1. The van der Waals surface area contributed by atoms with Crippen LogP contribution in [-0.4, -0.2) is 43.5 Å². The van der Waals surface area contributed by atoms with Crippen molar-refractivity contribution in [1.29, 1.82) is 10.5 Å². The number of carbonyl (C=O) groups is 2. The number of nitrogens with one attached hydrogen (secondary N) is 1. The molecule has 0 aliphatic heterocycles. The van der Waals surface area contributed by atoms with Crippen LogP contribution in [0.3, 0.4) is 0 Å². The molecule has 126 valence electrons. The van der Waals surface area contributed by atoms with Crippen LogP contribution in [-0.2, 0) is 4.79 Å². The highest BCUT2D eigenvalue weighted by Crippen LogP contribution is 2.12. The van der Waals surface area contributed by atoms with Gasteiger partial charge in [-0.2, -0.15) is 10.5 Å². The van der Waals surface area contributed by atoms with E-state index in [0.29, 0.717) is 24.4 Å². The maximum Gasteiger partial charge on any atom is 0.251 e. The zero-order chi connectivity index (χ0) is 17.8. The number of amides is 2. The summed E-state index contributed by atoms with van der Waals surface area (Å²) in [5.74, 6) is 0.103. The Labute approximate surface area is 141 Å². The fraction of sp³-hybridized carbons (Fsp3) is 0.412. The molecule has 0 saturated carbocycles. The number of nitriles is 2. The van der Waals surface area contributed by atoms with Gasteiger partial charge in [-0.05, 0) is 18.2 Å². The van der Waals surface area contributed by atoms with Crippen LogP contribution in [0.5, 0.6) is 5.75 Å². The standard InChI is InChI=1S/C17H20N4O3/c1-24-15-6-2-5-14(13-15)17(23)20-10-7-16(22)21(11-3-8-18)12-4-9-19/h2,5-6,13H,3-4,7,10-12H2,1H3,(H,20,23). The summed E-state index contributed by atoms with van der Waals surface area (Å²) >= 11 is 0. The second kappa shape index (κ2) is 10.6. The molecule has 1 rings (SSSR count). The second-order valence-corrected chi connectivity index (χ2v) is 4.93. The molecule has 1 N–H and O–H groups in total. The Kier molecular flexibility index (Phi) is 8.41. The van der Waals surface area contributed by atoms with E-state index in [1.165, 1.54) is 12.0 Å². The molecular weight excluding hydrogens is 308 g/mol. The highest BCUT2D eigenvalue weighted by atomic mass is 16.5. The van der Waals surface area contributed by atoms with E-state index in [1.807, 2.05) is 12.1 Å². The van der Waals surface area contributed by atoms with E-state index < -0.39 is 0 Å². The fourth-order valence-electron chi connectivity index (χ4n) is 2.04. The predicted molar refractivity (Wildman–Crippen MR) is 87.0 cm³/mol. The van der Waals surface area contributed by atoms with E-state index in [0.717, 1.165) is 0 Å². The third-order valence-corrected chi connectivity index (χ3v) is 3.30. The van der Waals surface area contributed by atoms with Crippen molar-refractivity contribution >= 4 is 11.8 Å². The van der Waals surface area contributed by atoms with Gasteiger partial charge in [0, 0.05) is 31.6 Å².